The highest BCUT2D eigenvalue weighted by molar-refractivity contribution is 7.98. The maximum atomic E-state index is 11.8. The smallest absolute Gasteiger partial charge is 0.311 e. The van der Waals surface area contributed by atoms with Gasteiger partial charge in [0.15, 0.2) is 0 Å². The number of carbonyl (C=O) groups is 2. The van der Waals surface area contributed by atoms with Crippen LogP contribution in [0.3, 0.4) is 0 Å². The van der Waals surface area contributed by atoms with Crippen LogP contribution in [0.1, 0.15) is 77.6 Å². The molecule has 0 saturated carbocycles. The third kappa shape index (κ3) is 12.5. The second-order valence-corrected chi connectivity index (χ2v) is 7.58. The van der Waals surface area contributed by atoms with Gasteiger partial charge in [-0.1, -0.05) is 58.3 Å². The van der Waals surface area contributed by atoms with Crippen LogP contribution in [0.5, 0.6) is 5.75 Å². The van der Waals surface area contributed by atoms with Crippen LogP contribution in [0.2, 0.25) is 0 Å². The van der Waals surface area contributed by atoms with E-state index in [1.807, 2.05) is 18.4 Å². The van der Waals surface area contributed by atoms with E-state index in [0.717, 1.165) is 17.7 Å². The number of esters is 2. The van der Waals surface area contributed by atoms with Crippen molar-refractivity contribution in [3.8, 4) is 5.75 Å². The van der Waals surface area contributed by atoms with Crippen molar-refractivity contribution in [2.75, 3.05) is 12.9 Å². The molecule has 0 aliphatic rings. The third-order valence-corrected chi connectivity index (χ3v) is 5.08. The zero-order valence-electron chi connectivity index (χ0n) is 16.8. The average Bonchev–Trinajstić information content (AvgIpc) is 2.68. The molecule has 5 heteroatoms. The Morgan fingerprint density at radius 3 is 1.96 bits per heavy atom. The number of hydrogen-bond donors (Lipinski definition) is 0. The Kier molecular flexibility index (Phi) is 13.6. The van der Waals surface area contributed by atoms with Gasteiger partial charge < -0.3 is 9.47 Å². The predicted octanol–water partition coefficient (Wildman–Crippen LogP) is 6.17. The highest BCUT2D eigenvalue weighted by Gasteiger charge is 2.10. The van der Waals surface area contributed by atoms with Gasteiger partial charge in [0.05, 0.1) is 19.4 Å². The number of ether oxygens (including phenoxy) is 2. The molecule has 0 bridgehead atoms. The van der Waals surface area contributed by atoms with E-state index in [-0.39, 0.29) is 18.8 Å². The zero-order valence-corrected chi connectivity index (χ0v) is 17.7. The second-order valence-electron chi connectivity index (χ2n) is 6.70. The molecular weight excluding hydrogens is 360 g/mol. The van der Waals surface area contributed by atoms with E-state index in [9.17, 15) is 9.59 Å². The van der Waals surface area contributed by atoms with Crippen LogP contribution >= 0.6 is 11.8 Å². The van der Waals surface area contributed by atoms with Crippen LogP contribution in [0.15, 0.2) is 29.2 Å². The van der Waals surface area contributed by atoms with Gasteiger partial charge in [-0.3, -0.25) is 9.59 Å². The first kappa shape index (κ1) is 23.5. The Bertz CT molecular complexity index is 528. The van der Waals surface area contributed by atoms with E-state index < -0.39 is 5.97 Å². The lowest BCUT2D eigenvalue weighted by Crippen LogP contribution is -2.12. The Balaban J connectivity index is 1.99. The topological polar surface area (TPSA) is 52.6 Å². The third-order valence-electron chi connectivity index (χ3n) is 4.34. The minimum atomic E-state index is -0.410. The molecule has 0 N–H and O–H groups in total. The van der Waals surface area contributed by atoms with Crippen LogP contribution in [0, 0.1) is 0 Å². The summed E-state index contributed by atoms with van der Waals surface area (Å²) in [5.41, 5.74) is 0. The molecule has 0 aliphatic carbocycles. The van der Waals surface area contributed by atoms with Gasteiger partial charge in [-0.25, -0.2) is 0 Å². The Morgan fingerprint density at radius 2 is 1.37 bits per heavy atom. The number of hydrogen-bond acceptors (Lipinski definition) is 5. The summed E-state index contributed by atoms with van der Waals surface area (Å²) in [4.78, 5) is 24.6. The molecule has 0 radical (unpaired) electrons. The molecule has 0 fully saturated rings. The first-order valence-electron chi connectivity index (χ1n) is 10.2. The summed E-state index contributed by atoms with van der Waals surface area (Å²) in [6.07, 6.45) is 13.2. The lowest BCUT2D eigenvalue weighted by molar-refractivity contribution is -0.147. The van der Waals surface area contributed by atoms with Crippen LogP contribution in [-0.4, -0.2) is 24.8 Å². The minimum Gasteiger partial charge on any atom is -0.466 e. The number of rotatable bonds is 15. The highest BCUT2D eigenvalue weighted by Crippen LogP contribution is 2.19. The van der Waals surface area contributed by atoms with Gasteiger partial charge in [0, 0.05) is 4.90 Å². The van der Waals surface area contributed by atoms with Crippen molar-refractivity contribution in [1.82, 2.24) is 0 Å². The van der Waals surface area contributed by atoms with Crippen LogP contribution in [0.4, 0.5) is 0 Å². The molecule has 4 nitrogen and oxygen atoms in total. The van der Waals surface area contributed by atoms with E-state index in [1.165, 1.54) is 44.9 Å². The zero-order chi connectivity index (χ0) is 19.7. The van der Waals surface area contributed by atoms with Crippen LogP contribution < -0.4 is 4.74 Å². The molecule has 0 unspecified atom stereocenters. The van der Waals surface area contributed by atoms with Crippen molar-refractivity contribution < 1.29 is 19.1 Å². The Hall–Kier alpha value is -1.49. The summed E-state index contributed by atoms with van der Waals surface area (Å²) in [5.74, 6) is -0.239. The van der Waals surface area contributed by atoms with Crippen molar-refractivity contribution in [3.63, 3.8) is 0 Å². The van der Waals surface area contributed by atoms with Gasteiger partial charge in [0.1, 0.15) is 5.75 Å². The fourth-order valence-corrected chi connectivity index (χ4v) is 3.11. The van der Waals surface area contributed by atoms with Crippen molar-refractivity contribution in [2.24, 2.45) is 0 Å². The van der Waals surface area contributed by atoms with E-state index in [1.54, 1.807) is 23.9 Å². The monoisotopic (exact) mass is 394 g/mol. The summed E-state index contributed by atoms with van der Waals surface area (Å²) in [6.45, 7) is 2.68. The summed E-state index contributed by atoms with van der Waals surface area (Å²) in [6, 6.07) is 7.30. The molecule has 152 valence electrons. The fraction of sp³-hybridized carbons (Fsp3) is 0.636. The lowest BCUT2D eigenvalue weighted by Gasteiger charge is -2.06. The predicted molar refractivity (Wildman–Crippen MR) is 111 cm³/mol. The molecule has 1 aromatic carbocycles. The molecule has 0 heterocycles. The van der Waals surface area contributed by atoms with Crippen molar-refractivity contribution in [1.29, 1.82) is 0 Å². The molecule has 0 aliphatic heterocycles. The normalized spacial score (nSPS) is 10.6. The quantitative estimate of drug-likeness (QED) is 0.154. The first-order chi connectivity index (χ1) is 13.2. The summed E-state index contributed by atoms with van der Waals surface area (Å²) >= 11 is 1.63. The average molecular weight is 395 g/mol. The van der Waals surface area contributed by atoms with E-state index in [4.69, 9.17) is 9.47 Å². The van der Waals surface area contributed by atoms with Gasteiger partial charge in [-0.15, -0.1) is 11.8 Å². The van der Waals surface area contributed by atoms with Gasteiger partial charge in [-0.2, -0.15) is 0 Å². The van der Waals surface area contributed by atoms with E-state index in [2.05, 4.69) is 6.92 Å². The molecule has 1 aromatic rings. The molecule has 0 amide bonds. The van der Waals surface area contributed by atoms with E-state index >= 15 is 0 Å². The minimum absolute atomic E-state index is 0.0425. The number of thioether (sulfide) groups is 1. The molecule has 0 atom stereocenters. The second kappa shape index (κ2) is 15.6. The number of carbonyl (C=O) groups excluding carboxylic acids is 2. The number of benzene rings is 1. The highest BCUT2D eigenvalue weighted by atomic mass is 32.2. The molecule has 0 spiro atoms. The first-order valence-corrected chi connectivity index (χ1v) is 11.4. The molecule has 1 rings (SSSR count). The Morgan fingerprint density at radius 1 is 0.815 bits per heavy atom. The van der Waals surface area contributed by atoms with E-state index in [0.29, 0.717) is 12.4 Å². The fourth-order valence-electron chi connectivity index (χ4n) is 2.70. The number of unbranched alkanes of at least 4 members (excludes halogenated alkanes) is 8. The van der Waals surface area contributed by atoms with Crippen molar-refractivity contribution >= 4 is 23.7 Å². The van der Waals surface area contributed by atoms with Gasteiger partial charge in [-0.05, 0) is 36.9 Å². The summed E-state index contributed by atoms with van der Waals surface area (Å²) in [7, 11) is 0. The van der Waals surface area contributed by atoms with Crippen LogP contribution in [0.25, 0.3) is 0 Å². The Labute approximate surface area is 168 Å². The maximum absolute atomic E-state index is 11.8. The SMILES string of the molecule is CCCCCCCCCCCOC(=O)CCC(=O)Oc1ccc(SC)cc1. The van der Waals surface area contributed by atoms with Crippen molar-refractivity contribution in [2.45, 2.75) is 82.4 Å². The van der Waals surface area contributed by atoms with Gasteiger partial charge >= 0.3 is 11.9 Å². The summed E-state index contributed by atoms with van der Waals surface area (Å²) in [5, 5.41) is 0. The van der Waals surface area contributed by atoms with Crippen molar-refractivity contribution in [3.05, 3.63) is 24.3 Å². The molecular formula is C22H34O4S. The standard InChI is InChI=1S/C22H34O4S/c1-3-4-5-6-7-8-9-10-11-18-25-21(23)16-17-22(24)26-19-12-14-20(27-2)15-13-19/h12-15H,3-11,16-18H2,1-2H3. The molecule has 27 heavy (non-hydrogen) atoms. The van der Waals surface area contributed by atoms with Crippen LogP contribution in [-0.2, 0) is 14.3 Å². The molecule has 0 saturated heterocycles. The summed E-state index contributed by atoms with van der Waals surface area (Å²) < 4.78 is 10.4. The molecule has 0 aromatic heterocycles. The largest absolute Gasteiger partial charge is 0.466 e. The lowest BCUT2D eigenvalue weighted by atomic mass is 10.1. The van der Waals surface area contributed by atoms with Gasteiger partial charge in [0.2, 0.25) is 0 Å². The van der Waals surface area contributed by atoms with Gasteiger partial charge in [0.25, 0.3) is 0 Å². The maximum Gasteiger partial charge on any atom is 0.311 e.